The molecular weight excluding hydrogens is 291 g/mol. The Morgan fingerprint density at radius 2 is 1.96 bits per heavy atom. The number of hydrogen-bond acceptors (Lipinski definition) is 2. The van der Waals surface area contributed by atoms with Crippen LogP contribution >= 0.6 is 0 Å². The molecule has 0 amide bonds. The smallest absolute Gasteiger partial charge is 0.126 e. The van der Waals surface area contributed by atoms with Crippen molar-refractivity contribution in [2.75, 3.05) is 0 Å². The summed E-state index contributed by atoms with van der Waals surface area (Å²) in [7, 11) is 0. The number of aryl methyl sites for hydroxylation is 1. The third kappa shape index (κ3) is 2.11. The highest BCUT2D eigenvalue weighted by Crippen LogP contribution is 2.31. The number of nitrogens with one attached hydrogen (secondary N) is 1. The molecule has 0 spiro atoms. The molecule has 0 saturated carbocycles. The zero-order valence-corrected chi connectivity index (χ0v) is 13.3. The summed E-state index contributed by atoms with van der Waals surface area (Å²) in [4.78, 5) is 0. The van der Waals surface area contributed by atoms with Crippen molar-refractivity contribution in [3.63, 3.8) is 0 Å². The standard InChI is InChI=1S/C18H17FN4/c1-10(2)17-8-12-7-15-16(21-22-20-15)9-18(12)23(17)13-4-5-14(19)11(3)6-13/h4-10H,1-3H3,(H,20,21,22). The van der Waals surface area contributed by atoms with Crippen molar-refractivity contribution in [2.45, 2.75) is 26.7 Å². The Morgan fingerprint density at radius 3 is 2.70 bits per heavy atom. The Labute approximate surface area is 132 Å². The number of nitrogens with zero attached hydrogens (tertiary/aromatic N) is 3. The zero-order chi connectivity index (χ0) is 16.1. The van der Waals surface area contributed by atoms with Gasteiger partial charge in [-0.05, 0) is 54.8 Å². The predicted molar refractivity (Wildman–Crippen MR) is 89.5 cm³/mol. The summed E-state index contributed by atoms with van der Waals surface area (Å²) in [6, 6.07) is 11.5. The van der Waals surface area contributed by atoms with Crippen LogP contribution in [-0.4, -0.2) is 20.0 Å². The van der Waals surface area contributed by atoms with Gasteiger partial charge in [0, 0.05) is 16.8 Å². The minimum atomic E-state index is -0.185. The van der Waals surface area contributed by atoms with E-state index in [4.69, 9.17) is 0 Å². The van der Waals surface area contributed by atoms with Crippen LogP contribution in [0.3, 0.4) is 0 Å². The van der Waals surface area contributed by atoms with E-state index in [9.17, 15) is 4.39 Å². The predicted octanol–water partition coefficient (Wildman–Crippen LogP) is 4.47. The van der Waals surface area contributed by atoms with Gasteiger partial charge in [0.1, 0.15) is 11.3 Å². The number of fused-ring (bicyclic) bond motifs is 2. The summed E-state index contributed by atoms with van der Waals surface area (Å²) in [5.41, 5.74) is 5.59. The molecule has 0 radical (unpaired) electrons. The highest BCUT2D eigenvalue weighted by Gasteiger charge is 2.15. The number of benzene rings is 2. The second-order valence-corrected chi connectivity index (χ2v) is 6.23. The Kier molecular flexibility index (Phi) is 2.98. The van der Waals surface area contributed by atoms with Gasteiger partial charge in [-0.25, -0.2) is 4.39 Å². The van der Waals surface area contributed by atoms with Crippen LogP contribution in [0.25, 0.3) is 27.6 Å². The lowest BCUT2D eigenvalue weighted by Gasteiger charge is -2.14. The fraction of sp³-hybridized carbons (Fsp3) is 0.222. The molecule has 5 heteroatoms. The lowest BCUT2D eigenvalue weighted by molar-refractivity contribution is 0.618. The van der Waals surface area contributed by atoms with Crippen LogP contribution < -0.4 is 0 Å². The zero-order valence-electron chi connectivity index (χ0n) is 13.3. The second-order valence-electron chi connectivity index (χ2n) is 6.23. The molecule has 0 bridgehead atoms. The monoisotopic (exact) mass is 308 g/mol. The molecular formula is C18H17FN4. The third-order valence-electron chi connectivity index (χ3n) is 4.27. The average Bonchev–Trinajstić information content (AvgIpc) is 3.11. The van der Waals surface area contributed by atoms with Gasteiger partial charge in [0.25, 0.3) is 0 Å². The molecule has 0 fully saturated rings. The normalized spacial score (nSPS) is 11.9. The first-order valence-corrected chi connectivity index (χ1v) is 7.67. The molecule has 116 valence electrons. The first-order valence-electron chi connectivity index (χ1n) is 7.67. The van der Waals surface area contributed by atoms with Gasteiger partial charge in [0.2, 0.25) is 0 Å². The van der Waals surface area contributed by atoms with Gasteiger partial charge in [-0.1, -0.05) is 19.1 Å². The Bertz CT molecular complexity index is 1030. The van der Waals surface area contributed by atoms with Gasteiger partial charge in [0.15, 0.2) is 0 Å². The maximum absolute atomic E-state index is 13.6. The average molecular weight is 308 g/mol. The Hall–Kier alpha value is -2.69. The molecule has 2 heterocycles. The summed E-state index contributed by atoms with van der Waals surface area (Å²) < 4.78 is 15.8. The summed E-state index contributed by atoms with van der Waals surface area (Å²) in [6.07, 6.45) is 0. The van der Waals surface area contributed by atoms with Gasteiger partial charge in [-0.15, -0.1) is 5.10 Å². The molecule has 4 nitrogen and oxygen atoms in total. The highest BCUT2D eigenvalue weighted by atomic mass is 19.1. The van der Waals surface area contributed by atoms with Crippen molar-refractivity contribution in [3.05, 3.63) is 53.5 Å². The largest absolute Gasteiger partial charge is 0.313 e. The summed E-state index contributed by atoms with van der Waals surface area (Å²) in [5, 5.41) is 12.0. The third-order valence-corrected chi connectivity index (χ3v) is 4.27. The Morgan fingerprint density at radius 1 is 1.13 bits per heavy atom. The van der Waals surface area contributed by atoms with E-state index in [1.165, 1.54) is 11.8 Å². The fourth-order valence-electron chi connectivity index (χ4n) is 3.05. The number of aromatic amines is 1. The highest BCUT2D eigenvalue weighted by molar-refractivity contribution is 5.95. The molecule has 2 aromatic carbocycles. The summed E-state index contributed by atoms with van der Waals surface area (Å²) in [5.74, 6) is 0.160. The first-order chi connectivity index (χ1) is 11.0. The van der Waals surface area contributed by atoms with Crippen molar-refractivity contribution in [2.24, 2.45) is 0 Å². The minimum absolute atomic E-state index is 0.185. The molecule has 0 unspecified atom stereocenters. The van der Waals surface area contributed by atoms with Crippen LogP contribution in [0, 0.1) is 12.7 Å². The topological polar surface area (TPSA) is 46.5 Å². The van der Waals surface area contributed by atoms with Crippen LogP contribution in [0.5, 0.6) is 0 Å². The molecule has 23 heavy (non-hydrogen) atoms. The lowest BCUT2D eigenvalue weighted by Crippen LogP contribution is -2.02. The molecule has 2 aromatic heterocycles. The lowest BCUT2D eigenvalue weighted by atomic mass is 10.1. The molecule has 1 N–H and O–H groups in total. The molecule has 4 rings (SSSR count). The van der Waals surface area contributed by atoms with E-state index in [0.717, 1.165) is 27.6 Å². The molecule has 4 aromatic rings. The number of hydrogen-bond donors (Lipinski definition) is 1. The van der Waals surface area contributed by atoms with Gasteiger partial charge < -0.3 is 4.57 Å². The van der Waals surface area contributed by atoms with Crippen LogP contribution in [0.1, 0.15) is 31.0 Å². The molecule has 0 aliphatic heterocycles. The molecule has 0 aliphatic rings. The maximum atomic E-state index is 13.6. The fourth-order valence-corrected chi connectivity index (χ4v) is 3.05. The number of aromatic nitrogens is 4. The number of H-pyrrole nitrogens is 1. The first kappa shape index (κ1) is 13.9. The van der Waals surface area contributed by atoms with E-state index in [-0.39, 0.29) is 5.82 Å². The van der Waals surface area contributed by atoms with E-state index >= 15 is 0 Å². The van der Waals surface area contributed by atoms with Crippen LogP contribution in [0.2, 0.25) is 0 Å². The van der Waals surface area contributed by atoms with Crippen molar-refractivity contribution in [1.29, 1.82) is 0 Å². The maximum Gasteiger partial charge on any atom is 0.126 e. The van der Waals surface area contributed by atoms with Crippen LogP contribution in [0.15, 0.2) is 36.4 Å². The van der Waals surface area contributed by atoms with Crippen LogP contribution in [0.4, 0.5) is 4.39 Å². The molecule has 0 aliphatic carbocycles. The van der Waals surface area contributed by atoms with Crippen molar-refractivity contribution < 1.29 is 4.39 Å². The number of rotatable bonds is 2. The SMILES string of the molecule is Cc1cc(-n2c(C(C)C)cc3cc4[nH]nnc4cc32)ccc1F. The van der Waals surface area contributed by atoms with E-state index in [1.54, 1.807) is 6.92 Å². The quantitative estimate of drug-likeness (QED) is 0.594. The van der Waals surface area contributed by atoms with Gasteiger partial charge in [-0.3, -0.25) is 5.10 Å². The van der Waals surface area contributed by atoms with Gasteiger partial charge in [-0.2, -0.15) is 0 Å². The molecule has 0 saturated heterocycles. The van der Waals surface area contributed by atoms with E-state index < -0.39 is 0 Å². The minimum Gasteiger partial charge on any atom is -0.313 e. The van der Waals surface area contributed by atoms with Crippen LogP contribution in [-0.2, 0) is 0 Å². The van der Waals surface area contributed by atoms with E-state index in [2.05, 4.69) is 46.0 Å². The van der Waals surface area contributed by atoms with Crippen molar-refractivity contribution in [1.82, 2.24) is 20.0 Å². The summed E-state index contributed by atoms with van der Waals surface area (Å²) >= 11 is 0. The second kappa shape index (κ2) is 4.91. The van der Waals surface area contributed by atoms with Crippen molar-refractivity contribution in [3.8, 4) is 5.69 Å². The van der Waals surface area contributed by atoms with Gasteiger partial charge in [0.05, 0.1) is 11.0 Å². The van der Waals surface area contributed by atoms with E-state index in [0.29, 0.717) is 11.5 Å². The Balaban J connectivity index is 2.08. The van der Waals surface area contributed by atoms with Crippen molar-refractivity contribution >= 4 is 21.9 Å². The number of halogens is 1. The van der Waals surface area contributed by atoms with Gasteiger partial charge >= 0.3 is 0 Å². The summed E-state index contributed by atoms with van der Waals surface area (Å²) in [6.45, 7) is 6.11. The van der Waals surface area contributed by atoms with E-state index in [1.807, 2.05) is 18.2 Å². The molecule has 0 atom stereocenters.